The van der Waals surface area contributed by atoms with Crippen LogP contribution in [-0.4, -0.2) is 15.7 Å². The van der Waals surface area contributed by atoms with Gasteiger partial charge >= 0.3 is 0 Å². The number of hydrogen-bond acceptors (Lipinski definition) is 1. The Bertz CT molecular complexity index is 180. The standard InChI is InChI=1S/C8H12OS/c1-3-8-4-5-10(9)6-7(8)2/h1,7-8H,4-6H2,2H3. The zero-order valence-corrected chi connectivity index (χ0v) is 6.99. The average Bonchev–Trinajstić information content (AvgIpc) is 1.88. The molecule has 1 aliphatic rings. The topological polar surface area (TPSA) is 17.1 Å². The number of rotatable bonds is 0. The molecule has 0 spiro atoms. The van der Waals surface area contributed by atoms with E-state index in [1.165, 1.54) is 0 Å². The van der Waals surface area contributed by atoms with E-state index in [9.17, 15) is 4.21 Å². The van der Waals surface area contributed by atoms with Crippen molar-refractivity contribution in [1.82, 2.24) is 0 Å². The molecule has 0 aliphatic carbocycles. The first-order valence-electron chi connectivity index (χ1n) is 3.55. The molecule has 10 heavy (non-hydrogen) atoms. The molecule has 0 aromatic heterocycles. The van der Waals surface area contributed by atoms with Crippen LogP contribution < -0.4 is 0 Å². The van der Waals surface area contributed by atoms with E-state index in [0.717, 1.165) is 17.9 Å². The SMILES string of the molecule is C#CC1CCS(=O)CC1C. The van der Waals surface area contributed by atoms with E-state index in [1.54, 1.807) is 0 Å². The Morgan fingerprint density at radius 1 is 1.70 bits per heavy atom. The summed E-state index contributed by atoms with van der Waals surface area (Å²) in [6, 6.07) is 0. The summed E-state index contributed by atoms with van der Waals surface area (Å²) in [5.74, 6) is 5.18. The van der Waals surface area contributed by atoms with Gasteiger partial charge in [0.25, 0.3) is 0 Å². The summed E-state index contributed by atoms with van der Waals surface area (Å²) in [5, 5.41) is 0. The zero-order chi connectivity index (χ0) is 7.56. The first-order valence-corrected chi connectivity index (χ1v) is 5.04. The van der Waals surface area contributed by atoms with Crippen LogP contribution in [0.4, 0.5) is 0 Å². The van der Waals surface area contributed by atoms with E-state index < -0.39 is 10.8 Å². The van der Waals surface area contributed by atoms with E-state index >= 15 is 0 Å². The van der Waals surface area contributed by atoms with Crippen LogP contribution in [0.25, 0.3) is 0 Å². The highest BCUT2D eigenvalue weighted by atomic mass is 32.2. The lowest BCUT2D eigenvalue weighted by Gasteiger charge is -2.23. The first kappa shape index (κ1) is 7.81. The lowest BCUT2D eigenvalue weighted by Crippen LogP contribution is -2.26. The average molecular weight is 156 g/mol. The smallest absolute Gasteiger partial charge is 0.0272 e. The van der Waals surface area contributed by atoms with E-state index in [1.807, 2.05) is 0 Å². The lowest BCUT2D eigenvalue weighted by molar-refractivity contribution is 0.456. The molecule has 2 heteroatoms. The van der Waals surface area contributed by atoms with Crippen molar-refractivity contribution in [2.24, 2.45) is 11.8 Å². The summed E-state index contributed by atoms with van der Waals surface area (Å²) in [6.07, 6.45) is 6.24. The summed E-state index contributed by atoms with van der Waals surface area (Å²) >= 11 is 0. The maximum Gasteiger partial charge on any atom is 0.0272 e. The lowest BCUT2D eigenvalue weighted by atomic mass is 9.94. The zero-order valence-electron chi connectivity index (χ0n) is 6.17. The summed E-state index contributed by atoms with van der Waals surface area (Å²) in [5.41, 5.74) is 0. The van der Waals surface area contributed by atoms with Gasteiger partial charge in [0.2, 0.25) is 0 Å². The molecule has 0 saturated carbocycles. The Hall–Kier alpha value is -0.290. The molecule has 3 atom stereocenters. The third-order valence-corrected chi connectivity index (χ3v) is 3.59. The van der Waals surface area contributed by atoms with Crippen molar-refractivity contribution in [3.05, 3.63) is 0 Å². The summed E-state index contributed by atoms with van der Waals surface area (Å²) in [4.78, 5) is 0. The highest BCUT2D eigenvalue weighted by Gasteiger charge is 2.22. The second-order valence-corrected chi connectivity index (χ2v) is 4.47. The fraction of sp³-hybridized carbons (Fsp3) is 0.750. The minimum absolute atomic E-state index is 0.373. The van der Waals surface area contributed by atoms with E-state index in [4.69, 9.17) is 6.42 Å². The predicted molar refractivity (Wildman–Crippen MR) is 44.0 cm³/mol. The minimum atomic E-state index is -0.588. The predicted octanol–water partition coefficient (Wildman–Crippen LogP) is 1.02. The van der Waals surface area contributed by atoms with Crippen LogP contribution in [0.5, 0.6) is 0 Å². The van der Waals surface area contributed by atoms with Gasteiger partial charge in [0.1, 0.15) is 0 Å². The first-order chi connectivity index (χ1) is 4.74. The van der Waals surface area contributed by atoms with Crippen LogP contribution in [0.2, 0.25) is 0 Å². The van der Waals surface area contributed by atoms with Crippen LogP contribution in [0, 0.1) is 24.2 Å². The quantitative estimate of drug-likeness (QED) is 0.479. The normalized spacial score (nSPS) is 40.6. The van der Waals surface area contributed by atoms with Crippen LogP contribution in [0.3, 0.4) is 0 Å². The molecule has 0 bridgehead atoms. The second kappa shape index (κ2) is 3.21. The molecule has 1 nitrogen and oxygen atoms in total. The fourth-order valence-electron chi connectivity index (χ4n) is 1.28. The van der Waals surface area contributed by atoms with Crippen LogP contribution in [0.15, 0.2) is 0 Å². The molecule has 1 rings (SSSR count). The molecule has 0 amide bonds. The molecular weight excluding hydrogens is 144 g/mol. The van der Waals surface area contributed by atoms with Crippen molar-refractivity contribution in [3.8, 4) is 12.3 Å². The van der Waals surface area contributed by atoms with Crippen molar-refractivity contribution in [2.45, 2.75) is 13.3 Å². The number of terminal acetylenes is 1. The van der Waals surface area contributed by atoms with E-state index in [0.29, 0.717) is 11.8 Å². The second-order valence-electron chi connectivity index (χ2n) is 2.85. The third kappa shape index (κ3) is 1.60. The van der Waals surface area contributed by atoms with Crippen molar-refractivity contribution >= 4 is 10.8 Å². The largest absolute Gasteiger partial charge is 0.260 e. The molecule has 1 heterocycles. The van der Waals surface area contributed by atoms with Gasteiger partial charge in [0.15, 0.2) is 0 Å². The van der Waals surface area contributed by atoms with Gasteiger partial charge in [-0.3, -0.25) is 4.21 Å². The Morgan fingerprint density at radius 2 is 2.40 bits per heavy atom. The van der Waals surface area contributed by atoms with Crippen molar-refractivity contribution in [3.63, 3.8) is 0 Å². The summed E-state index contributed by atoms with van der Waals surface area (Å²) in [6.45, 7) is 2.08. The molecule has 56 valence electrons. The summed E-state index contributed by atoms with van der Waals surface area (Å²) in [7, 11) is -0.588. The highest BCUT2D eigenvalue weighted by molar-refractivity contribution is 7.85. The van der Waals surface area contributed by atoms with Crippen molar-refractivity contribution in [2.75, 3.05) is 11.5 Å². The van der Waals surface area contributed by atoms with Crippen LogP contribution in [0.1, 0.15) is 13.3 Å². The molecule has 1 fully saturated rings. The van der Waals surface area contributed by atoms with Gasteiger partial charge in [-0.1, -0.05) is 6.92 Å². The molecule has 0 aromatic carbocycles. The van der Waals surface area contributed by atoms with Gasteiger partial charge in [-0.05, 0) is 12.3 Å². The Balaban J connectivity index is 2.53. The third-order valence-electron chi connectivity index (χ3n) is 2.01. The fourth-order valence-corrected chi connectivity index (χ4v) is 2.79. The van der Waals surface area contributed by atoms with Crippen LogP contribution >= 0.6 is 0 Å². The molecule has 0 radical (unpaired) electrons. The van der Waals surface area contributed by atoms with Gasteiger partial charge in [-0.25, -0.2) is 0 Å². The molecule has 3 unspecified atom stereocenters. The maximum absolute atomic E-state index is 11.0. The van der Waals surface area contributed by atoms with E-state index in [2.05, 4.69) is 12.8 Å². The Kier molecular flexibility index (Phi) is 2.50. The summed E-state index contributed by atoms with van der Waals surface area (Å²) < 4.78 is 11.0. The maximum atomic E-state index is 11.0. The molecule has 0 aromatic rings. The molecule has 1 aliphatic heterocycles. The highest BCUT2D eigenvalue weighted by Crippen LogP contribution is 2.21. The van der Waals surface area contributed by atoms with Gasteiger partial charge in [0.05, 0.1) is 0 Å². The van der Waals surface area contributed by atoms with Gasteiger partial charge in [-0.2, -0.15) is 0 Å². The van der Waals surface area contributed by atoms with Gasteiger partial charge in [0, 0.05) is 28.2 Å². The molecular formula is C8H12OS. The molecule has 1 saturated heterocycles. The van der Waals surface area contributed by atoms with Gasteiger partial charge < -0.3 is 0 Å². The van der Waals surface area contributed by atoms with E-state index in [-0.39, 0.29) is 0 Å². The van der Waals surface area contributed by atoms with Crippen molar-refractivity contribution < 1.29 is 4.21 Å². The monoisotopic (exact) mass is 156 g/mol. The number of hydrogen-bond donors (Lipinski definition) is 0. The van der Waals surface area contributed by atoms with Crippen LogP contribution in [-0.2, 0) is 10.8 Å². The van der Waals surface area contributed by atoms with Gasteiger partial charge in [-0.15, -0.1) is 12.3 Å². The molecule has 0 N–H and O–H groups in total. The minimum Gasteiger partial charge on any atom is -0.260 e. The Labute approximate surface area is 64.7 Å². The Morgan fingerprint density at radius 3 is 2.90 bits per heavy atom. The van der Waals surface area contributed by atoms with Crippen molar-refractivity contribution in [1.29, 1.82) is 0 Å².